The molecule has 2 aromatic rings. The molecule has 1 aromatic carbocycles. The van der Waals surface area contributed by atoms with Crippen LogP contribution in [-0.2, 0) is 11.2 Å². The Morgan fingerprint density at radius 1 is 1.35 bits per heavy atom. The fraction of sp³-hybridized carbons (Fsp3) is 0.444. The van der Waals surface area contributed by atoms with Crippen LogP contribution in [0.1, 0.15) is 48.7 Å². The lowest BCUT2D eigenvalue weighted by Crippen LogP contribution is -2.25. The number of carbonyl (C=O) groups is 2. The minimum atomic E-state index is -0.355. The number of nitrogens with one attached hydrogen (secondary N) is 1. The molecule has 1 atom stereocenters. The van der Waals surface area contributed by atoms with Crippen LogP contribution in [-0.4, -0.2) is 38.2 Å². The largest absolute Gasteiger partial charge is 0.344 e. The number of hydrogen-bond acceptors (Lipinski definition) is 5. The van der Waals surface area contributed by atoms with Crippen LogP contribution in [0.3, 0.4) is 0 Å². The standard InChI is InChI=1S/C18H20N4O3S/c1-10(26-18-20-19-17(25)22(18)14-4-5-14)16(24)13-3-6-15-12(9-13)7-8-21(15)11(2)23/h3,6,9-10,14H,4-5,7-8H2,1-2H3,(H,19,25)/t10-/m0/s1. The van der Waals surface area contributed by atoms with Crippen molar-refractivity contribution in [2.45, 2.75) is 49.6 Å². The summed E-state index contributed by atoms with van der Waals surface area (Å²) in [4.78, 5) is 38.1. The molecule has 4 rings (SSSR count). The molecule has 1 saturated carbocycles. The molecule has 0 radical (unpaired) electrons. The lowest BCUT2D eigenvalue weighted by molar-refractivity contribution is -0.116. The fourth-order valence-electron chi connectivity index (χ4n) is 3.36. The Balaban J connectivity index is 1.53. The molecule has 1 N–H and O–H groups in total. The average Bonchev–Trinajstić information content (AvgIpc) is 3.25. The second-order valence-corrected chi connectivity index (χ2v) is 8.11. The van der Waals surface area contributed by atoms with Gasteiger partial charge >= 0.3 is 5.69 Å². The van der Waals surface area contributed by atoms with Crippen molar-refractivity contribution in [2.24, 2.45) is 0 Å². The summed E-state index contributed by atoms with van der Waals surface area (Å²) < 4.78 is 1.65. The summed E-state index contributed by atoms with van der Waals surface area (Å²) in [5.74, 6) is 0.0141. The monoisotopic (exact) mass is 372 g/mol. The first-order chi connectivity index (χ1) is 12.5. The summed E-state index contributed by atoms with van der Waals surface area (Å²) in [7, 11) is 0. The predicted octanol–water partition coefficient (Wildman–Crippen LogP) is 2.18. The molecular weight excluding hydrogens is 352 g/mol. The smallest absolute Gasteiger partial charge is 0.312 e. The van der Waals surface area contributed by atoms with Crippen molar-refractivity contribution in [1.82, 2.24) is 14.8 Å². The molecule has 136 valence electrons. The number of thioether (sulfide) groups is 1. The zero-order valence-corrected chi connectivity index (χ0v) is 15.5. The maximum absolute atomic E-state index is 12.8. The van der Waals surface area contributed by atoms with E-state index >= 15 is 0 Å². The highest BCUT2D eigenvalue weighted by molar-refractivity contribution is 8.00. The van der Waals surface area contributed by atoms with Crippen LogP contribution in [0, 0.1) is 0 Å². The number of aromatic nitrogens is 3. The van der Waals surface area contributed by atoms with E-state index in [1.807, 2.05) is 19.1 Å². The minimum absolute atomic E-state index is 0.00290. The van der Waals surface area contributed by atoms with Crippen molar-refractivity contribution >= 4 is 29.1 Å². The Bertz CT molecular complexity index is 944. The van der Waals surface area contributed by atoms with Crippen LogP contribution >= 0.6 is 11.8 Å². The van der Waals surface area contributed by atoms with E-state index in [1.54, 1.807) is 22.5 Å². The van der Waals surface area contributed by atoms with Gasteiger partial charge in [-0.3, -0.25) is 14.2 Å². The molecule has 7 nitrogen and oxygen atoms in total. The number of carbonyl (C=O) groups excluding carboxylic acids is 2. The predicted molar refractivity (Wildman–Crippen MR) is 98.9 cm³/mol. The number of hydrogen-bond donors (Lipinski definition) is 1. The number of H-pyrrole nitrogens is 1. The lowest BCUT2D eigenvalue weighted by atomic mass is 10.0. The van der Waals surface area contributed by atoms with E-state index in [0.717, 1.165) is 30.5 Å². The molecule has 8 heteroatoms. The second-order valence-electron chi connectivity index (χ2n) is 6.80. The molecule has 0 saturated heterocycles. The van der Waals surface area contributed by atoms with E-state index in [1.165, 1.54) is 11.8 Å². The van der Waals surface area contributed by atoms with Crippen molar-refractivity contribution in [3.8, 4) is 0 Å². The number of rotatable bonds is 5. The van der Waals surface area contributed by atoms with Crippen molar-refractivity contribution < 1.29 is 9.59 Å². The van der Waals surface area contributed by atoms with Gasteiger partial charge in [0, 0.05) is 30.8 Å². The lowest BCUT2D eigenvalue weighted by Gasteiger charge is -2.15. The van der Waals surface area contributed by atoms with Gasteiger partial charge in [-0.25, -0.2) is 9.89 Å². The third-order valence-corrected chi connectivity index (χ3v) is 5.94. The van der Waals surface area contributed by atoms with Crippen molar-refractivity contribution in [3.63, 3.8) is 0 Å². The molecule has 2 heterocycles. The van der Waals surface area contributed by atoms with Crippen molar-refractivity contribution in [1.29, 1.82) is 0 Å². The number of benzene rings is 1. The molecule has 1 fully saturated rings. The van der Waals surface area contributed by atoms with Gasteiger partial charge in [0.2, 0.25) is 5.91 Å². The van der Waals surface area contributed by atoms with Crippen LogP contribution < -0.4 is 10.6 Å². The van der Waals surface area contributed by atoms with Gasteiger partial charge < -0.3 is 4.90 Å². The van der Waals surface area contributed by atoms with E-state index in [0.29, 0.717) is 17.3 Å². The minimum Gasteiger partial charge on any atom is -0.312 e. The summed E-state index contributed by atoms with van der Waals surface area (Å²) in [6.07, 6.45) is 2.72. The zero-order chi connectivity index (χ0) is 18.4. The third kappa shape index (κ3) is 2.98. The van der Waals surface area contributed by atoms with E-state index in [9.17, 15) is 14.4 Å². The Morgan fingerprint density at radius 3 is 2.81 bits per heavy atom. The molecule has 1 aliphatic carbocycles. The Hall–Kier alpha value is -2.35. The van der Waals surface area contributed by atoms with E-state index in [2.05, 4.69) is 10.2 Å². The van der Waals surface area contributed by atoms with Gasteiger partial charge in [-0.05, 0) is 49.9 Å². The molecule has 1 amide bonds. The van der Waals surface area contributed by atoms with Crippen LogP contribution in [0.4, 0.5) is 5.69 Å². The Morgan fingerprint density at radius 2 is 2.12 bits per heavy atom. The number of anilines is 1. The van der Waals surface area contributed by atoms with E-state index in [4.69, 9.17) is 0 Å². The molecule has 2 aliphatic rings. The maximum Gasteiger partial charge on any atom is 0.344 e. The SMILES string of the molecule is CC(=O)N1CCc2cc(C(=O)[C@H](C)Sc3n[nH]c(=O)n3C3CC3)ccc21. The first-order valence-electron chi connectivity index (χ1n) is 8.74. The molecular formula is C18H20N4O3S. The molecule has 0 bridgehead atoms. The van der Waals surface area contributed by atoms with Gasteiger partial charge in [-0.1, -0.05) is 11.8 Å². The van der Waals surface area contributed by atoms with Crippen molar-refractivity contribution in [2.75, 3.05) is 11.4 Å². The average molecular weight is 372 g/mol. The Kier molecular flexibility index (Phi) is 4.22. The topological polar surface area (TPSA) is 88.1 Å². The number of amides is 1. The Labute approximate surface area is 154 Å². The molecule has 0 spiro atoms. The molecule has 1 aliphatic heterocycles. The molecule has 26 heavy (non-hydrogen) atoms. The molecule has 0 unspecified atom stereocenters. The van der Waals surface area contributed by atoms with Crippen LogP contribution in [0.2, 0.25) is 0 Å². The summed E-state index contributed by atoms with van der Waals surface area (Å²) in [6.45, 7) is 4.04. The highest BCUT2D eigenvalue weighted by Crippen LogP contribution is 2.37. The summed E-state index contributed by atoms with van der Waals surface area (Å²) in [5, 5.41) is 6.77. The normalized spacial score (nSPS) is 17.2. The first-order valence-corrected chi connectivity index (χ1v) is 9.62. The van der Waals surface area contributed by atoms with E-state index < -0.39 is 0 Å². The van der Waals surface area contributed by atoms with Gasteiger partial charge in [0.15, 0.2) is 10.9 Å². The zero-order valence-electron chi connectivity index (χ0n) is 14.7. The summed E-state index contributed by atoms with van der Waals surface area (Å²) in [5.41, 5.74) is 2.34. The maximum atomic E-state index is 12.8. The van der Waals surface area contributed by atoms with Gasteiger partial charge in [-0.15, -0.1) is 5.10 Å². The number of nitrogens with zero attached hydrogens (tertiary/aromatic N) is 3. The van der Waals surface area contributed by atoms with Crippen molar-refractivity contribution in [3.05, 3.63) is 39.8 Å². The van der Waals surface area contributed by atoms with Crippen LogP contribution in [0.15, 0.2) is 28.2 Å². The number of ketones is 1. The third-order valence-electron chi connectivity index (χ3n) is 4.88. The van der Waals surface area contributed by atoms with Gasteiger partial charge in [-0.2, -0.15) is 0 Å². The number of fused-ring (bicyclic) bond motifs is 1. The van der Waals surface area contributed by atoms with Crippen LogP contribution in [0.25, 0.3) is 0 Å². The van der Waals surface area contributed by atoms with Gasteiger partial charge in [0.25, 0.3) is 0 Å². The second kappa shape index (κ2) is 6.42. The summed E-state index contributed by atoms with van der Waals surface area (Å²) in [6, 6.07) is 5.72. The highest BCUT2D eigenvalue weighted by Gasteiger charge is 2.30. The number of Topliss-reactive ketones (excluding diaryl/α,β-unsaturated/α-hetero) is 1. The fourth-order valence-corrected chi connectivity index (χ4v) is 4.36. The van der Waals surface area contributed by atoms with Gasteiger partial charge in [0.1, 0.15) is 0 Å². The number of aromatic amines is 1. The van der Waals surface area contributed by atoms with E-state index in [-0.39, 0.29) is 28.7 Å². The van der Waals surface area contributed by atoms with Gasteiger partial charge in [0.05, 0.1) is 5.25 Å². The highest BCUT2D eigenvalue weighted by atomic mass is 32.2. The molecule has 1 aromatic heterocycles. The quantitative estimate of drug-likeness (QED) is 0.642. The van der Waals surface area contributed by atoms with Crippen LogP contribution in [0.5, 0.6) is 0 Å². The summed E-state index contributed by atoms with van der Waals surface area (Å²) >= 11 is 1.31. The first kappa shape index (κ1) is 17.1.